The van der Waals surface area contributed by atoms with Crippen LogP contribution in [-0.2, 0) is 0 Å². The van der Waals surface area contributed by atoms with Gasteiger partial charge in [0.25, 0.3) is 0 Å². The van der Waals surface area contributed by atoms with Gasteiger partial charge in [0.2, 0.25) is 0 Å². The molecular formula is C9H8Cl2. The highest BCUT2D eigenvalue weighted by molar-refractivity contribution is 6.48. The molecule has 0 radical (unpaired) electrons. The van der Waals surface area contributed by atoms with Gasteiger partial charge in [-0.3, -0.25) is 0 Å². The Labute approximate surface area is 76.4 Å². The van der Waals surface area contributed by atoms with Gasteiger partial charge in [0.15, 0.2) is 0 Å². The van der Waals surface area contributed by atoms with Crippen LogP contribution in [0.25, 0.3) is 5.03 Å². The molecule has 0 nitrogen and oxygen atoms in total. The van der Waals surface area contributed by atoms with Crippen LogP contribution in [-0.4, -0.2) is 0 Å². The van der Waals surface area contributed by atoms with Gasteiger partial charge in [0.1, 0.15) is 0 Å². The third-order valence-corrected chi connectivity index (χ3v) is 2.03. The van der Waals surface area contributed by atoms with Gasteiger partial charge in [-0.25, -0.2) is 0 Å². The van der Waals surface area contributed by atoms with Crippen molar-refractivity contribution in [2.75, 3.05) is 0 Å². The maximum absolute atomic E-state index is 5.87. The van der Waals surface area contributed by atoms with Crippen LogP contribution >= 0.6 is 23.2 Å². The molecule has 0 atom stereocenters. The third kappa shape index (κ3) is 2.25. The molecule has 0 saturated heterocycles. The van der Waals surface area contributed by atoms with Crippen LogP contribution in [0.4, 0.5) is 0 Å². The lowest BCUT2D eigenvalue weighted by molar-refractivity contribution is 1.63. The summed E-state index contributed by atoms with van der Waals surface area (Å²) in [6.45, 7) is 1.89. The molecule has 11 heavy (non-hydrogen) atoms. The molecule has 0 aromatic heterocycles. The van der Waals surface area contributed by atoms with Crippen molar-refractivity contribution in [2.45, 2.75) is 6.92 Å². The van der Waals surface area contributed by atoms with Crippen molar-refractivity contribution in [3.05, 3.63) is 40.9 Å². The van der Waals surface area contributed by atoms with Gasteiger partial charge in [-0.1, -0.05) is 41.4 Å². The van der Waals surface area contributed by atoms with Crippen molar-refractivity contribution >= 4 is 28.2 Å². The normalized spacial score (nSPS) is 11.7. The summed E-state index contributed by atoms with van der Waals surface area (Å²) in [5.41, 5.74) is 0.960. The Balaban J connectivity index is 3.06. The van der Waals surface area contributed by atoms with E-state index in [-0.39, 0.29) is 0 Å². The summed E-state index contributed by atoms with van der Waals surface area (Å²) in [6, 6.07) is 7.46. The maximum atomic E-state index is 5.87. The zero-order valence-electron chi connectivity index (χ0n) is 6.14. The Morgan fingerprint density at radius 1 is 1.45 bits per heavy atom. The third-order valence-electron chi connectivity index (χ3n) is 1.35. The lowest BCUT2D eigenvalue weighted by Gasteiger charge is -1.97. The smallest absolute Gasteiger partial charge is 0.0436 e. The molecule has 0 amide bonds. The van der Waals surface area contributed by atoms with E-state index < -0.39 is 0 Å². The minimum Gasteiger partial charge on any atom is -0.0843 e. The predicted octanol–water partition coefficient (Wildman–Crippen LogP) is 3.94. The Morgan fingerprint density at radius 2 is 2.18 bits per heavy atom. The largest absolute Gasteiger partial charge is 0.0843 e. The summed E-state index contributed by atoms with van der Waals surface area (Å²) < 4.78 is 0. The van der Waals surface area contributed by atoms with Gasteiger partial charge >= 0.3 is 0 Å². The Morgan fingerprint density at radius 3 is 2.73 bits per heavy atom. The lowest BCUT2D eigenvalue weighted by atomic mass is 10.2. The standard InChI is InChI=1S/C9H8Cl2/c1-2-9(11)7-4-3-5-8(10)6-7/h2-6H,1H3/b9-2-. The zero-order valence-corrected chi connectivity index (χ0v) is 7.65. The first-order valence-corrected chi connectivity index (χ1v) is 4.07. The molecular weight excluding hydrogens is 179 g/mol. The first-order chi connectivity index (χ1) is 5.24. The summed E-state index contributed by atoms with van der Waals surface area (Å²) in [6.07, 6.45) is 1.84. The summed E-state index contributed by atoms with van der Waals surface area (Å²) >= 11 is 11.6. The molecule has 0 saturated carbocycles. The van der Waals surface area contributed by atoms with Crippen molar-refractivity contribution in [1.82, 2.24) is 0 Å². The molecule has 0 fully saturated rings. The summed E-state index contributed by atoms with van der Waals surface area (Å²) in [5, 5.41) is 1.44. The van der Waals surface area contributed by atoms with Crippen molar-refractivity contribution in [1.29, 1.82) is 0 Å². The van der Waals surface area contributed by atoms with Crippen LogP contribution in [0.5, 0.6) is 0 Å². The van der Waals surface area contributed by atoms with Gasteiger partial charge in [-0.05, 0) is 24.6 Å². The molecule has 58 valence electrons. The number of hydrogen-bond donors (Lipinski definition) is 0. The average molecular weight is 187 g/mol. The van der Waals surface area contributed by atoms with Gasteiger partial charge in [0.05, 0.1) is 0 Å². The molecule has 0 heterocycles. The van der Waals surface area contributed by atoms with E-state index >= 15 is 0 Å². The van der Waals surface area contributed by atoms with E-state index in [4.69, 9.17) is 23.2 Å². The fourth-order valence-corrected chi connectivity index (χ4v) is 1.11. The minimum atomic E-state index is 0.711. The van der Waals surface area contributed by atoms with E-state index in [1.165, 1.54) is 0 Å². The second-order valence-corrected chi connectivity index (χ2v) is 2.99. The van der Waals surface area contributed by atoms with E-state index in [2.05, 4.69) is 0 Å². The monoisotopic (exact) mass is 186 g/mol. The minimum absolute atomic E-state index is 0.711. The molecule has 0 aliphatic rings. The fraction of sp³-hybridized carbons (Fsp3) is 0.111. The highest BCUT2D eigenvalue weighted by Crippen LogP contribution is 2.21. The first-order valence-electron chi connectivity index (χ1n) is 3.32. The number of rotatable bonds is 1. The second kappa shape index (κ2) is 3.80. The molecule has 0 N–H and O–H groups in total. The highest BCUT2D eigenvalue weighted by atomic mass is 35.5. The number of hydrogen-bond acceptors (Lipinski definition) is 0. The van der Waals surface area contributed by atoms with E-state index in [9.17, 15) is 0 Å². The topological polar surface area (TPSA) is 0 Å². The summed E-state index contributed by atoms with van der Waals surface area (Å²) in [4.78, 5) is 0. The van der Waals surface area contributed by atoms with Crippen molar-refractivity contribution in [2.24, 2.45) is 0 Å². The van der Waals surface area contributed by atoms with Crippen LogP contribution in [0.3, 0.4) is 0 Å². The van der Waals surface area contributed by atoms with Crippen LogP contribution < -0.4 is 0 Å². The molecule has 0 bridgehead atoms. The molecule has 2 heteroatoms. The number of benzene rings is 1. The van der Waals surface area contributed by atoms with E-state index in [1.54, 1.807) is 0 Å². The number of halogens is 2. The molecule has 0 spiro atoms. The van der Waals surface area contributed by atoms with Gasteiger partial charge in [-0.15, -0.1) is 0 Å². The molecule has 1 rings (SSSR count). The van der Waals surface area contributed by atoms with Crippen LogP contribution in [0.2, 0.25) is 5.02 Å². The first kappa shape index (κ1) is 8.63. The molecule has 0 aliphatic carbocycles. The van der Waals surface area contributed by atoms with Crippen molar-refractivity contribution in [3.8, 4) is 0 Å². The quantitative estimate of drug-likeness (QED) is 0.624. The second-order valence-electron chi connectivity index (χ2n) is 2.15. The predicted molar refractivity (Wildman–Crippen MR) is 51.0 cm³/mol. The van der Waals surface area contributed by atoms with Gasteiger partial charge < -0.3 is 0 Å². The van der Waals surface area contributed by atoms with Gasteiger partial charge in [0, 0.05) is 10.1 Å². The molecule has 0 aliphatic heterocycles. The van der Waals surface area contributed by atoms with Gasteiger partial charge in [-0.2, -0.15) is 0 Å². The van der Waals surface area contributed by atoms with Crippen molar-refractivity contribution in [3.63, 3.8) is 0 Å². The average Bonchev–Trinajstić information content (AvgIpc) is 2.03. The Bertz CT molecular complexity index is 277. The molecule has 1 aromatic rings. The highest BCUT2D eigenvalue weighted by Gasteiger charge is 1.95. The van der Waals surface area contributed by atoms with E-state index in [0.29, 0.717) is 5.02 Å². The van der Waals surface area contributed by atoms with Crippen LogP contribution in [0.15, 0.2) is 30.3 Å². The SMILES string of the molecule is C/C=C(\Cl)c1cccc(Cl)c1. The Hall–Kier alpha value is -0.460. The lowest BCUT2D eigenvalue weighted by Crippen LogP contribution is -1.74. The van der Waals surface area contributed by atoms with Crippen LogP contribution in [0.1, 0.15) is 12.5 Å². The molecule has 1 aromatic carbocycles. The fourth-order valence-electron chi connectivity index (χ4n) is 0.804. The van der Waals surface area contributed by atoms with E-state index in [1.807, 2.05) is 37.3 Å². The summed E-state index contributed by atoms with van der Waals surface area (Å²) in [5.74, 6) is 0. The summed E-state index contributed by atoms with van der Waals surface area (Å²) in [7, 11) is 0. The van der Waals surface area contributed by atoms with E-state index in [0.717, 1.165) is 10.6 Å². The zero-order chi connectivity index (χ0) is 8.27. The Kier molecular flexibility index (Phi) is 2.98. The maximum Gasteiger partial charge on any atom is 0.0436 e. The van der Waals surface area contributed by atoms with Crippen LogP contribution in [0, 0.1) is 0 Å². The van der Waals surface area contributed by atoms with Crippen molar-refractivity contribution < 1.29 is 0 Å². The molecule has 0 unspecified atom stereocenters. The number of allylic oxidation sites excluding steroid dienone is 1.